The summed E-state index contributed by atoms with van der Waals surface area (Å²) in [5.41, 5.74) is 6.07. The zero-order chi connectivity index (χ0) is 14.0. The van der Waals surface area contributed by atoms with Crippen LogP contribution in [0.5, 0.6) is 0 Å². The van der Waals surface area contributed by atoms with E-state index in [1.54, 1.807) is 0 Å². The van der Waals surface area contributed by atoms with E-state index in [4.69, 9.17) is 10.9 Å². The molecule has 0 aliphatic heterocycles. The third-order valence-electron chi connectivity index (χ3n) is 2.20. The Kier molecular flexibility index (Phi) is 3.51. The van der Waals surface area contributed by atoms with Gasteiger partial charge in [0.05, 0.1) is 4.90 Å². The number of benzene rings is 1. The molecule has 1 heterocycles. The monoisotopic (exact) mass is 298 g/mol. The van der Waals surface area contributed by atoms with E-state index in [9.17, 15) is 13.2 Å². The molecule has 0 aliphatic carbocycles. The lowest BCUT2D eigenvalue weighted by molar-refractivity contribution is 0.102. The van der Waals surface area contributed by atoms with E-state index in [1.165, 1.54) is 29.6 Å². The van der Waals surface area contributed by atoms with Gasteiger partial charge in [0.15, 0.2) is 5.13 Å². The summed E-state index contributed by atoms with van der Waals surface area (Å²) in [6.45, 7) is 0. The van der Waals surface area contributed by atoms with Crippen molar-refractivity contribution in [1.82, 2.24) is 4.98 Å². The minimum Gasteiger partial charge on any atom is -0.375 e. The van der Waals surface area contributed by atoms with Gasteiger partial charge in [0.1, 0.15) is 5.69 Å². The highest BCUT2D eigenvalue weighted by Crippen LogP contribution is 2.15. The molecule has 5 N–H and O–H groups in total. The first-order chi connectivity index (χ1) is 8.86. The van der Waals surface area contributed by atoms with Crippen LogP contribution in [0.1, 0.15) is 10.5 Å². The Morgan fingerprint density at radius 2 is 1.89 bits per heavy atom. The number of rotatable bonds is 3. The lowest BCUT2D eigenvalue weighted by Gasteiger charge is -2.04. The standard InChI is InChI=1S/C10H10N4O3S2/c11-10-14-8(5-18-10)9(15)13-6-1-3-7(4-2-6)19(12,16)17/h1-5H,(H2,11,14)(H,13,15)(H2,12,16,17). The third-order valence-corrected chi connectivity index (χ3v) is 3.80. The average molecular weight is 298 g/mol. The first-order valence-electron chi connectivity index (χ1n) is 5.01. The molecule has 1 aromatic heterocycles. The minimum absolute atomic E-state index is 0.0246. The summed E-state index contributed by atoms with van der Waals surface area (Å²) >= 11 is 1.16. The summed E-state index contributed by atoms with van der Waals surface area (Å²) < 4.78 is 22.1. The summed E-state index contributed by atoms with van der Waals surface area (Å²) in [5.74, 6) is -0.420. The number of hydrogen-bond acceptors (Lipinski definition) is 6. The molecule has 1 amide bonds. The molecule has 0 bridgehead atoms. The van der Waals surface area contributed by atoms with Crippen LogP contribution < -0.4 is 16.2 Å². The fraction of sp³-hybridized carbons (Fsp3) is 0. The lowest BCUT2D eigenvalue weighted by Crippen LogP contribution is -2.14. The number of sulfonamides is 1. The minimum atomic E-state index is -3.74. The van der Waals surface area contributed by atoms with Crippen LogP contribution in [0.15, 0.2) is 34.5 Å². The number of nitrogens with zero attached hydrogens (tertiary/aromatic N) is 1. The number of nitrogens with two attached hydrogens (primary N) is 2. The van der Waals surface area contributed by atoms with Gasteiger partial charge in [-0.3, -0.25) is 4.79 Å². The number of amides is 1. The van der Waals surface area contributed by atoms with Crippen LogP contribution in [0, 0.1) is 0 Å². The molecule has 9 heteroatoms. The summed E-state index contributed by atoms with van der Waals surface area (Å²) in [5, 5.41) is 9.36. The molecule has 0 spiro atoms. The van der Waals surface area contributed by atoms with Crippen LogP contribution in [0.4, 0.5) is 10.8 Å². The highest BCUT2D eigenvalue weighted by molar-refractivity contribution is 7.89. The van der Waals surface area contributed by atoms with Crippen molar-refractivity contribution in [2.75, 3.05) is 11.1 Å². The number of carbonyl (C=O) groups is 1. The Labute approximate surface area is 113 Å². The normalized spacial score (nSPS) is 11.2. The second kappa shape index (κ2) is 4.96. The Bertz CT molecular complexity index is 707. The van der Waals surface area contributed by atoms with Gasteiger partial charge in [-0.15, -0.1) is 11.3 Å². The number of aromatic nitrogens is 1. The first kappa shape index (κ1) is 13.5. The van der Waals surface area contributed by atoms with Crippen molar-refractivity contribution in [1.29, 1.82) is 0 Å². The molecule has 0 aliphatic rings. The van der Waals surface area contributed by atoms with E-state index in [1.807, 2.05) is 0 Å². The molecule has 0 fully saturated rings. The molecule has 0 saturated heterocycles. The molecule has 100 valence electrons. The quantitative estimate of drug-likeness (QED) is 0.765. The number of hydrogen-bond donors (Lipinski definition) is 3. The second-order valence-electron chi connectivity index (χ2n) is 3.59. The number of anilines is 2. The fourth-order valence-corrected chi connectivity index (χ4v) is 2.37. The summed E-state index contributed by atoms with van der Waals surface area (Å²) in [7, 11) is -3.74. The molecule has 19 heavy (non-hydrogen) atoms. The summed E-state index contributed by atoms with van der Waals surface area (Å²) in [4.78, 5) is 15.6. The highest BCUT2D eigenvalue weighted by atomic mass is 32.2. The van der Waals surface area contributed by atoms with Crippen LogP contribution in [0.25, 0.3) is 0 Å². The Morgan fingerprint density at radius 3 is 2.37 bits per heavy atom. The van der Waals surface area contributed by atoms with Gasteiger partial charge in [0.2, 0.25) is 10.0 Å². The van der Waals surface area contributed by atoms with Gasteiger partial charge in [-0.05, 0) is 24.3 Å². The molecule has 0 radical (unpaired) electrons. The van der Waals surface area contributed by atoms with Gasteiger partial charge in [0, 0.05) is 11.1 Å². The maximum atomic E-state index is 11.7. The van der Waals surface area contributed by atoms with E-state index in [0.29, 0.717) is 10.8 Å². The number of nitrogens with one attached hydrogen (secondary N) is 1. The maximum Gasteiger partial charge on any atom is 0.275 e. The first-order valence-corrected chi connectivity index (χ1v) is 7.44. The predicted molar refractivity (Wildman–Crippen MR) is 72.3 cm³/mol. The second-order valence-corrected chi connectivity index (χ2v) is 6.05. The van der Waals surface area contributed by atoms with Crippen LogP contribution in [-0.2, 0) is 10.0 Å². The van der Waals surface area contributed by atoms with Crippen LogP contribution in [0.2, 0.25) is 0 Å². The van der Waals surface area contributed by atoms with E-state index < -0.39 is 15.9 Å². The van der Waals surface area contributed by atoms with Gasteiger partial charge in [-0.25, -0.2) is 18.5 Å². The molecule has 1 aromatic carbocycles. The van der Waals surface area contributed by atoms with Gasteiger partial charge < -0.3 is 11.1 Å². The van der Waals surface area contributed by atoms with Crippen LogP contribution >= 0.6 is 11.3 Å². The van der Waals surface area contributed by atoms with Crippen molar-refractivity contribution in [3.05, 3.63) is 35.3 Å². The average Bonchev–Trinajstić information content (AvgIpc) is 2.75. The van der Waals surface area contributed by atoms with Crippen molar-refractivity contribution in [2.45, 2.75) is 4.90 Å². The number of nitrogen functional groups attached to an aromatic ring is 1. The maximum absolute atomic E-state index is 11.7. The molecule has 2 aromatic rings. The Hall–Kier alpha value is -1.97. The van der Waals surface area contributed by atoms with Crippen LogP contribution in [-0.4, -0.2) is 19.3 Å². The highest BCUT2D eigenvalue weighted by Gasteiger charge is 2.11. The van der Waals surface area contributed by atoms with Crippen molar-refractivity contribution >= 4 is 38.1 Å². The smallest absolute Gasteiger partial charge is 0.275 e. The lowest BCUT2D eigenvalue weighted by atomic mass is 10.3. The fourth-order valence-electron chi connectivity index (χ4n) is 1.31. The van der Waals surface area contributed by atoms with E-state index in [0.717, 1.165) is 11.3 Å². The van der Waals surface area contributed by atoms with Crippen LogP contribution in [0.3, 0.4) is 0 Å². The van der Waals surface area contributed by atoms with Crippen molar-refractivity contribution < 1.29 is 13.2 Å². The molecule has 0 atom stereocenters. The predicted octanol–water partition coefficient (Wildman–Crippen LogP) is 0.625. The molecule has 7 nitrogen and oxygen atoms in total. The van der Waals surface area contributed by atoms with E-state index in [-0.39, 0.29) is 10.6 Å². The van der Waals surface area contributed by atoms with Crippen molar-refractivity contribution in [3.8, 4) is 0 Å². The largest absolute Gasteiger partial charge is 0.375 e. The number of thiazole rings is 1. The van der Waals surface area contributed by atoms with Gasteiger partial charge >= 0.3 is 0 Å². The van der Waals surface area contributed by atoms with E-state index in [2.05, 4.69) is 10.3 Å². The number of carbonyl (C=O) groups excluding carboxylic acids is 1. The molecule has 2 rings (SSSR count). The Balaban J connectivity index is 2.14. The van der Waals surface area contributed by atoms with E-state index >= 15 is 0 Å². The Morgan fingerprint density at radius 1 is 1.26 bits per heavy atom. The van der Waals surface area contributed by atoms with Crippen molar-refractivity contribution in [3.63, 3.8) is 0 Å². The van der Waals surface area contributed by atoms with Crippen molar-refractivity contribution in [2.24, 2.45) is 5.14 Å². The zero-order valence-corrected chi connectivity index (χ0v) is 11.2. The van der Waals surface area contributed by atoms with Gasteiger partial charge in [-0.1, -0.05) is 0 Å². The number of primary sulfonamides is 1. The molecule has 0 unspecified atom stereocenters. The SMILES string of the molecule is Nc1nc(C(=O)Nc2ccc(S(N)(=O)=O)cc2)cs1. The molecular formula is C10H10N4O3S2. The molecule has 0 saturated carbocycles. The zero-order valence-electron chi connectivity index (χ0n) is 9.53. The topological polar surface area (TPSA) is 128 Å². The van der Waals surface area contributed by atoms with Gasteiger partial charge in [-0.2, -0.15) is 0 Å². The summed E-state index contributed by atoms with van der Waals surface area (Å²) in [6, 6.07) is 5.49. The summed E-state index contributed by atoms with van der Waals surface area (Å²) in [6.07, 6.45) is 0. The van der Waals surface area contributed by atoms with Gasteiger partial charge in [0.25, 0.3) is 5.91 Å². The molecular weight excluding hydrogens is 288 g/mol. The third kappa shape index (κ3) is 3.28.